The van der Waals surface area contributed by atoms with E-state index in [0.717, 1.165) is 19.4 Å². The van der Waals surface area contributed by atoms with Crippen LogP contribution in [0, 0.1) is 0 Å². The monoisotopic (exact) mass is 257 g/mol. The zero-order valence-corrected chi connectivity index (χ0v) is 11.9. The first-order valence-electron chi connectivity index (χ1n) is 6.67. The summed E-state index contributed by atoms with van der Waals surface area (Å²) in [6, 6.07) is 8.73. The highest BCUT2D eigenvalue weighted by Gasteiger charge is 2.48. The molecule has 3 rings (SSSR count). The molecule has 1 spiro atoms. The summed E-state index contributed by atoms with van der Waals surface area (Å²) < 4.78 is 0. The van der Waals surface area contributed by atoms with Gasteiger partial charge in [0.25, 0.3) is 0 Å². The van der Waals surface area contributed by atoms with Crippen LogP contribution in [0.4, 0.5) is 5.69 Å². The van der Waals surface area contributed by atoms with Crippen molar-refractivity contribution in [1.82, 2.24) is 0 Å². The number of hydrogen-bond acceptors (Lipinski definition) is 2. The molecule has 0 aromatic heterocycles. The van der Waals surface area contributed by atoms with Gasteiger partial charge in [0.15, 0.2) is 0 Å². The maximum atomic E-state index is 4.39. The lowest BCUT2D eigenvalue weighted by atomic mass is 10.0. The number of likely N-dealkylation sites (N-methyl/N-ethyl adjacent to an activating group) is 1. The van der Waals surface area contributed by atoms with Crippen LogP contribution in [0.15, 0.2) is 53.0 Å². The molecule has 0 bridgehead atoms. The summed E-state index contributed by atoms with van der Waals surface area (Å²) in [5.74, 6) is 0. The second kappa shape index (κ2) is 4.20. The van der Waals surface area contributed by atoms with Crippen molar-refractivity contribution >= 4 is 17.4 Å². The van der Waals surface area contributed by atoms with Crippen LogP contribution in [0.1, 0.15) is 26.7 Å². The number of benzene rings is 1. The highest BCUT2D eigenvalue weighted by atomic mass is 32.2. The van der Waals surface area contributed by atoms with Crippen LogP contribution in [0.2, 0.25) is 0 Å². The molecule has 0 N–H and O–H groups in total. The van der Waals surface area contributed by atoms with Crippen LogP contribution in [0.5, 0.6) is 0 Å². The molecule has 2 aliphatic rings. The number of anilines is 1. The fourth-order valence-electron chi connectivity index (χ4n) is 3.12. The molecule has 0 radical (unpaired) electrons. The van der Waals surface area contributed by atoms with Crippen LogP contribution in [0.25, 0.3) is 0 Å². The third-order valence-electron chi connectivity index (χ3n) is 4.05. The molecule has 18 heavy (non-hydrogen) atoms. The molecule has 0 saturated carbocycles. The molecular formula is C16H19NS. The molecule has 1 nitrogen and oxygen atoms in total. The Hall–Kier alpha value is -1.15. The standard InChI is InChI=1S/C16H19NS/c1-4-13-10-11-16(12(13)3)17(5-2)14-8-6-7-9-15(14)18-16/h6-10H,3-5,11H2,1-2H3. The van der Waals surface area contributed by atoms with Gasteiger partial charge in [-0.2, -0.15) is 0 Å². The molecular weight excluding hydrogens is 238 g/mol. The number of fused-ring (bicyclic) bond motifs is 1. The van der Waals surface area contributed by atoms with Gasteiger partial charge in [0.2, 0.25) is 0 Å². The van der Waals surface area contributed by atoms with Gasteiger partial charge < -0.3 is 4.90 Å². The summed E-state index contributed by atoms with van der Waals surface area (Å²) in [5.41, 5.74) is 4.12. The quantitative estimate of drug-likeness (QED) is 0.761. The van der Waals surface area contributed by atoms with Crippen molar-refractivity contribution in [3.8, 4) is 0 Å². The van der Waals surface area contributed by atoms with Crippen LogP contribution >= 0.6 is 11.8 Å². The van der Waals surface area contributed by atoms with Gasteiger partial charge in [0, 0.05) is 17.9 Å². The minimum Gasteiger partial charge on any atom is -0.352 e. The van der Waals surface area contributed by atoms with E-state index in [1.54, 1.807) is 0 Å². The summed E-state index contributed by atoms with van der Waals surface area (Å²) in [6.07, 6.45) is 4.56. The minimum atomic E-state index is 0.0593. The molecule has 1 heterocycles. The Bertz CT molecular complexity index is 532. The van der Waals surface area contributed by atoms with E-state index in [9.17, 15) is 0 Å². The second-order valence-electron chi connectivity index (χ2n) is 4.86. The highest BCUT2D eigenvalue weighted by molar-refractivity contribution is 8.01. The van der Waals surface area contributed by atoms with Gasteiger partial charge in [-0.1, -0.05) is 43.5 Å². The summed E-state index contributed by atoms with van der Waals surface area (Å²) in [7, 11) is 0. The van der Waals surface area contributed by atoms with Crippen LogP contribution in [-0.4, -0.2) is 11.4 Å². The third kappa shape index (κ3) is 1.42. The van der Waals surface area contributed by atoms with E-state index >= 15 is 0 Å². The lowest BCUT2D eigenvalue weighted by Gasteiger charge is -2.37. The molecule has 1 aromatic carbocycles. The molecule has 2 heteroatoms. The van der Waals surface area contributed by atoms with Crippen LogP contribution in [0.3, 0.4) is 0 Å². The predicted molar refractivity (Wildman–Crippen MR) is 80.2 cm³/mol. The number of para-hydroxylation sites is 1. The van der Waals surface area contributed by atoms with Crippen molar-refractivity contribution in [1.29, 1.82) is 0 Å². The maximum absolute atomic E-state index is 4.39. The predicted octanol–water partition coefficient (Wildman–Crippen LogP) is 4.61. The van der Waals surface area contributed by atoms with E-state index in [1.807, 2.05) is 11.8 Å². The van der Waals surface area contributed by atoms with Crippen molar-refractivity contribution in [2.24, 2.45) is 0 Å². The van der Waals surface area contributed by atoms with Crippen LogP contribution < -0.4 is 4.90 Å². The van der Waals surface area contributed by atoms with Gasteiger partial charge in [-0.25, -0.2) is 0 Å². The Morgan fingerprint density at radius 2 is 2.11 bits per heavy atom. The van der Waals surface area contributed by atoms with Crippen LogP contribution in [-0.2, 0) is 0 Å². The average molecular weight is 257 g/mol. The molecule has 1 unspecified atom stereocenters. The molecule has 1 aromatic rings. The molecule has 1 aliphatic carbocycles. The SMILES string of the molecule is C=C1C(CC)=CCC12Sc1ccccc1N2CC. The fourth-order valence-corrected chi connectivity index (χ4v) is 4.67. The molecule has 1 aliphatic heterocycles. The zero-order valence-electron chi connectivity index (χ0n) is 11.1. The van der Waals surface area contributed by atoms with Gasteiger partial charge in [0.1, 0.15) is 4.87 Å². The first kappa shape index (κ1) is 11.9. The highest BCUT2D eigenvalue weighted by Crippen LogP contribution is 2.58. The van der Waals surface area contributed by atoms with Crippen molar-refractivity contribution in [3.63, 3.8) is 0 Å². The molecule has 0 amide bonds. The van der Waals surface area contributed by atoms with E-state index in [-0.39, 0.29) is 4.87 Å². The maximum Gasteiger partial charge on any atom is 0.119 e. The molecule has 0 saturated heterocycles. The minimum absolute atomic E-state index is 0.0593. The summed E-state index contributed by atoms with van der Waals surface area (Å²) in [4.78, 5) is 3.98. The zero-order chi connectivity index (χ0) is 12.8. The Morgan fingerprint density at radius 1 is 1.33 bits per heavy atom. The van der Waals surface area contributed by atoms with Gasteiger partial charge in [-0.3, -0.25) is 0 Å². The average Bonchev–Trinajstić information content (AvgIpc) is 2.88. The van der Waals surface area contributed by atoms with Crippen molar-refractivity contribution in [2.75, 3.05) is 11.4 Å². The Labute approximate surface area is 114 Å². The molecule has 0 fully saturated rings. The first-order chi connectivity index (χ1) is 8.73. The lowest BCUT2D eigenvalue weighted by Crippen LogP contribution is -2.42. The first-order valence-corrected chi connectivity index (χ1v) is 7.49. The van der Waals surface area contributed by atoms with Gasteiger partial charge in [-0.05, 0) is 36.6 Å². The Morgan fingerprint density at radius 3 is 2.78 bits per heavy atom. The van der Waals surface area contributed by atoms with Gasteiger partial charge in [-0.15, -0.1) is 0 Å². The molecule has 94 valence electrons. The number of hydrogen-bond donors (Lipinski definition) is 0. The third-order valence-corrected chi connectivity index (χ3v) is 5.59. The normalized spacial score (nSPS) is 25.8. The van der Waals surface area contributed by atoms with Crippen molar-refractivity contribution in [2.45, 2.75) is 36.5 Å². The fraction of sp³-hybridized carbons (Fsp3) is 0.375. The van der Waals surface area contributed by atoms with Crippen molar-refractivity contribution < 1.29 is 0 Å². The number of thioether (sulfide) groups is 1. The van der Waals surface area contributed by atoms with E-state index in [1.165, 1.54) is 21.7 Å². The topological polar surface area (TPSA) is 3.24 Å². The lowest BCUT2D eigenvalue weighted by molar-refractivity contribution is 0.666. The van der Waals surface area contributed by atoms with Crippen molar-refractivity contribution in [3.05, 3.63) is 48.1 Å². The summed E-state index contributed by atoms with van der Waals surface area (Å²) in [6.45, 7) is 9.89. The van der Waals surface area contributed by atoms with Gasteiger partial charge >= 0.3 is 0 Å². The van der Waals surface area contributed by atoms with E-state index in [4.69, 9.17) is 0 Å². The Balaban J connectivity index is 2.05. The largest absolute Gasteiger partial charge is 0.352 e. The molecule has 1 atom stereocenters. The van der Waals surface area contributed by atoms with E-state index in [2.05, 4.69) is 55.7 Å². The van der Waals surface area contributed by atoms with E-state index < -0.39 is 0 Å². The summed E-state index contributed by atoms with van der Waals surface area (Å²) in [5, 5.41) is 0. The van der Waals surface area contributed by atoms with Gasteiger partial charge in [0.05, 0.1) is 5.69 Å². The summed E-state index contributed by atoms with van der Waals surface area (Å²) >= 11 is 1.98. The number of rotatable bonds is 2. The van der Waals surface area contributed by atoms with E-state index in [0.29, 0.717) is 0 Å². The smallest absolute Gasteiger partial charge is 0.119 e. The second-order valence-corrected chi connectivity index (χ2v) is 6.18. The number of nitrogens with zero attached hydrogens (tertiary/aromatic N) is 1. The Kier molecular flexibility index (Phi) is 2.78.